The first-order valence-corrected chi connectivity index (χ1v) is 10.1. The molecule has 0 amide bonds. The minimum Gasteiger partial charge on any atom is -0.497 e. The lowest BCUT2D eigenvalue weighted by atomic mass is 9.42. The summed E-state index contributed by atoms with van der Waals surface area (Å²) < 4.78 is 17.5. The maximum atomic E-state index is 11.7. The molecule has 4 heteroatoms. The summed E-state index contributed by atoms with van der Waals surface area (Å²) in [7, 11) is 5.06. The van der Waals surface area contributed by atoms with Gasteiger partial charge >= 0.3 is 0 Å². The maximum Gasteiger partial charge on any atom is 0.127 e. The van der Waals surface area contributed by atoms with Gasteiger partial charge in [0.2, 0.25) is 0 Å². The van der Waals surface area contributed by atoms with Crippen LogP contribution < -0.4 is 9.47 Å². The standard InChI is InChI=1S/C23H36O4/c1-20(2)10-8-11-21(3)19(20)9-12-22(4,24)23(21,27-7)16-13-17(25-5)15-18(14-16)26-6/h13-15,19,24H,8-12H2,1-7H3. The second-order valence-corrected chi connectivity index (χ2v) is 9.61. The molecule has 4 atom stereocenters. The molecule has 0 radical (unpaired) electrons. The number of fused-ring (bicyclic) bond motifs is 1. The van der Waals surface area contributed by atoms with E-state index >= 15 is 0 Å². The van der Waals surface area contributed by atoms with Crippen LogP contribution in [-0.2, 0) is 10.3 Å². The Hall–Kier alpha value is -1.26. The molecule has 0 bridgehead atoms. The summed E-state index contributed by atoms with van der Waals surface area (Å²) >= 11 is 0. The third kappa shape index (κ3) is 2.79. The minimum atomic E-state index is -0.988. The third-order valence-corrected chi connectivity index (χ3v) is 7.78. The summed E-state index contributed by atoms with van der Waals surface area (Å²) in [5.41, 5.74) is -0.852. The monoisotopic (exact) mass is 376 g/mol. The molecule has 1 N–H and O–H groups in total. The summed E-state index contributed by atoms with van der Waals surface area (Å²) in [6.45, 7) is 9.01. The van der Waals surface area contributed by atoms with Gasteiger partial charge in [-0.15, -0.1) is 0 Å². The Labute approximate surface area is 164 Å². The van der Waals surface area contributed by atoms with E-state index in [-0.39, 0.29) is 10.8 Å². The van der Waals surface area contributed by atoms with Gasteiger partial charge in [-0.1, -0.05) is 27.2 Å². The van der Waals surface area contributed by atoms with Gasteiger partial charge in [-0.25, -0.2) is 0 Å². The summed E-state index contributed by atoms with van der Waals surface area (Å²) in [6, 6.07) is 5.89. The quantitative estimate of drug-likeness (QED) is 0.810. The van der Waals surface area contributed by atoms with Crippen LogP contribution in [-0.4, -0.2) is 32.0 Å². The van der Waals surface area contributed by atoms with Gasteiger partial charge in [0.1, 0.15) is 17.1 Å². The van der Waals surface area contributed by atoms with Crippen molar-refractivity contribution in [3.63, 3.8) is 0 Å². The molecule has 0 aliphatic heterocycles. The van der Waals surface area contributed by atoms with Crippen LogP contribution in [0.3, 0.4) is 0 Å². The van der Waals surface area contributed by atoms with Crippen LogP contribution >= 0.6 is 0 Å². The van der Waals surface area contributed by atoms with E-state index in [1.54, 1.807) is 21.3 Å². The zero-order chi connectivity index (χ0) is 20.1. The Bertz CT molecular complexity index is 673. The second-order valence-electron chi connectivity index (χ2n) is 9.61. The average Bonchev–Trinajstić information content (AvgIpc) is 2.60. The predicted octanol–water partition coefficient (Wildman–Crippen LogP) is 4.92. The van der Waals surface area contributed by atoms with Crippen molar-refractivity contribution in [1.29, 1.82) is 0 Å². The van der Waals surface area contributed by atoms with Gasteiger partial charge in [-0.05, 0) is 61.6 Å². The van der Waals surface area contributed by atoms with E-state index in [2.05, 4.69) is 20.8 Å². The summed E-state index contributed by atoms with van der Waals surface area (Å²) in [6.07, 6.45) is 5.12. The molecule has 1 aromatic carbocycles. The Morgan fingerprint density at radius 3 is 2.00 bits per heavy atom. The predicted molar refractivity (Wildman–Crippen MR) is 107 cm³/mol. The van der Waals surface area contributed by atoms with Crippen molar-refractivity contribution in [1.82, 2.24) is 0 Å². The van der Waals surface area contributed by atoms with Crippen LogP contribution in [0.15, 0.2) is 18.2 Å². The SMILES string of the molecule is COc1cc(OC)cc(C2(OC)C(C)(O)CCC3C(C)(C)CCCC32C)c1. The van der Waals surface area contributed by atoms with E-state index in [4.69, 9.17) is 14.2 Å². The maximum absolute atomic E-state index is 11.7. The van der Waals surface area contributed by atoms with Gasteiger partial charge in [-0.3, -0.25) is 0 Å². The Morgan fingerprint density at radius 1 is 0.889 bits per heavy atom. The molecule has 2 aliphatic rings. The Kier molecular flexibility index (Phi) is 5.05. The molecular weight excluding hydrogens is 340 g/mol. The highest BCUT2D eigenvalue weighted by atomic mass is 16.5. The van der Waals surface area contributed by atoms with E-state index < -0.39 is 11.2 Å². The number of aliphatic hydroxyl groups is 1. The first-order valence-electron chi connectivity index (χ1n) is 10.1. The molecule has 1 aromatic rings. The Morgan fingerprint density at radius 2 is 1.48 bits per heavy atom. The summed E-state index contributed by atoms with van der Waals surface area (Å²) in [5.74, 6) is 1.91. The van der Waals surface area contributed by atoms with Crippen molar-refractivity contribution in [2.24, 2.45) is 16.7 Å². The van der Waals surface area contributed by atoms with E-state index in [0.29, 0.717) is 12.3 Å². The van der Waals surface area contributed by atoms with Crippen LogP contribution in [0.5, 0.6) is 11.5 Å². The van der Waals surface area contributed by atoms with Crippen LogP contribution in [0.2, 0.25) is 0 Å². The van der Waals surface area contributed by atoms with Crippen molar-refractivity contribution in [2.75, 3.05) is 21.3 Å². The first kappa shape index (κ1) is 20.5. The zero-order valence-electron chi connectivity index (χ0n) is 18.0. The highest BCUT2D eigenvalue weighted by Crippen LogP contribution is 2.68. The third-order valence-electron chi connectivity index (χ3n) is 7.78. The lowest BCUT2D eigenvalue weighted by Crippen LogP contribution is -2.68. The molecule has 4 unspecified atom stereocenters. The number of methoxy groups -OCH3 is 3. The van der Waals surface area contributed by atoms with Gasteiger partial charge in [0.15, 0.2) is 0 Å². The fourth-order valence-electron chi connectivity index (χ4n) is 6.69. The van der Waals surface area contributed by atoms with Gasteiger partial charge in [-0.2, -0.15) is 0 Å². The molecular formula is C23H36O4. The molecule has 4 nitrogen and oxygen atoms in total. The topological polar surface area (TPSA) is 47.9 Å². The van der Waals surface area contributed by atoms with E-state index in [9.17, 15) is 5.11 Å². The van der Waals surface area contributed by atoms with Gasteiger partial charge in [0, 0.05) is 18.6 Å². The second kappa shape index (κ2) is 6.66. The number of benzene rings is 1. The smallest absolute Gasteiger partial charge is 0.127 e. The minimum absolute atomic E-state index is 0.192. The molecule has 27 heavy (non-hydrogen) atoms. The van der Waals surface area contributed by atoms with Crippen molar-refractivity contribution < 1.29 is 19.3 Å². The highest BCUT2D eigenvalue weighted by Gasteiger charge is 2.68. The molecule has 0 heterocycles. The fourth-order valence-corrected chi connectivity index (χ4v) is 6.69. The largest absolute Gasteiger partial charge is 0.497 e. The average molecular weight is 377 g/mol. The van der Waals surface area contributed by atoms with Gasteiger partial charge in [0.05, 0.1) is 19.8 Å². The number of rotatable bonds is 4. The highest BCUT2D eigenvalue weighted by molar-refractivity contribution is 5.44. The van der Waals surface area contributed by atoms with E-state index in [1.165, 1.54) is 6.42 Å². The van der Waals surface area contributed by atoms with E-state index in [1.807, 2.05) is 25.1 Å². The van der Waals surface area contributed by atoms with Gasteiger partial charge in [0.25, 0.3) is 0 Å². The van der Waals surface area contributed by atoms with Gasteiger partial charge < -0.3 is 19.3 Å². The molecule has 3 rings (SSSR count). The molecule has 0 saturated heterocycles. The Balaban J connectivity index is 2.29. The normalized spacial score (nSPS) is 38.1. The zero-order valence-corrected chi connectivity index (χ0v) is 18.0. The molecule has 152 valence electrons. The van der Waals surface area contributed by atoms with Crippen LogP contribution in [0.1, 0.15) is 65.4 Å². The van der Waals surface area contributed by atoms with Crippen LogP contribution in [0.25, 0.3) is 0 Å². The van der Waals surface area contributed by atoms with E-state index in [0.717, 1.165) is 36.3 Å². The van der Waals surface area contributed by atoms with Crippen molar-refractivity contribution >= 4 is 0 Å². The summed E-state index contributed by atoms with van der Waals surface area (Å²) in [5, 5.41) is 11.7. The first-order chi connectivity index (χ1) is 12.6. The lowest BCUT2D eigenvalue weighted by Gasteiger charge is -2.66. The van der Waals surface area contributed by atoms with Crippen molar-refractivity contribution in [2.45, 2.75) is 71.0 Å². The molecule has 2 saturated carbocycles. The molecule has 0 spiro atoms. The molecule has 2 fully saturated rings. The van der Waals surface area contributed by atoms with Crippen LogP contribution in [0.4, 0.5) is 0 Å². The molecule has 2 aliphatic carbocycles. The molecule has 0 aromatic heterocycles. The fraction of sp³-hybridized carbons (Fsp3) is 0.739. The van der Waals surface area contributed by atoms with Crippen molar-refractivity contribution in [3.8, 4) is 11.5 Å². The lowest BCUT2D eigenvalue weighted by molar-refractivity contribution is -0.290. The summed E-state index contributed by atoms with van der Waals surface area (Å²) in [4.78, 5) is 0. The number of ether oxygens (including phenoxy) is 3. The number of hydrogen-bond donors (Lipinski definition) is 1. The number of hydrogen-bond acceptors (Lipinski definition) is 4. The van der Waals surface area contributed by atoms with Crippen LogP contribution in [0, 0.1) is 16.7 Å². The van der Waals surface area contributed by atoms with Crippen molar-refractivity contribution in [3.05, 3.63) is 23.8 Å².